The molecule has 1 atom stereocenters. The molecule has 3 rings (SSSR count). The number of benzene rings is 1. The number of nitrogens with zero attached hydrogens (tertiary/aromatic N) is 1. The number of hydrogen-bond acceptors (Lipinski definition) is 3. The smallest absolute Gasteiger partial charge is 0.115 e. The second-order valence-corrected chi connectivity index (χ2v) is 5.58. The van der Waals surface area contributed by atoms with Gasteiger partial charge in [0, 0.05) is 32.2 Å². The predicted molar refractivity (Wildman–Crippen MR) is 72.6 cm³/mol. The van der Waals surface area contributed by atoms with Crippen LogP contribution in [-0.2, 0) is 0 Å². The van der Waals surface area contributed by atoms with E-state index in [1.807, 2.05) is 12.1 Å². The Hall–Kier alpha value is -1.06. The van der Waals surface area contributed by atoms with Crippen molar-refractivity contribution in [1.29, 1.82) is 0 Å². The maximum Gasteiger partial charge on any atom is 0.115 e. The minimum Gasteiger partial charge on any atom is -0.508 e. The Balaban J connectivity index is 1.78. The summed E-state index contributed by atoms with van der Waals surface area (Å²) in [6, 6.07) is 8.32. The molecule has 0 radical (unpaired) electrons. The molecule has 1 heterocycles. The first kappa shape index (κ1) is 12.0. The molecule has 18 heavy (non-hydrogen) atoms. The number of nitrogens with one attached hydrogen (secondary N) is 1. The van der Waals surface area contributed by atoms with E-state index >= 15 is 0 Å². The van der Waals surface area contributed by atoms with Gasteiger partial charge in [-0.15, -0.1) is 0 Å². The lowest BCUT2D eigenvalue weighted by Gasteiger charge is -2.35. The zero-order valence-corrected chi connectivity index (χ0v) is 10.8. The molecule has 1 aromatic carbocycles. The Morgan fingerprint density at radius 1 is 1.28 bits per heavy atom. The highest BCUT2D eigenvalue weighted by molar-refractivity contribution is 5.29. The molecule has 1 aliphatic carbocycles. The number of phenols is 1. The fourth-order valence-corrected chi connectivity index (χ4v) is 2.89. The van der Waals surface area contributed by atoms with E-state index < -0.39 is 0 Å². The lowest BCUT2D eigenvalue weighted by Crippen LogP contribution is -2.45. The lowest BCUT2D eigenvalue weighted by atomic mass is 9.98. The summed E-state index contributed by atoms with van der Waals surface area (Å²) in [6.07, 6.45) is 4.03. The number of rotatable bonds is 4. The minimum absolute atomic E-state index is 0.392. The summed E-state index contributed by atoms with van der Waals surface area (Å²) >= 11 is 0. The van der Waals surface area contributed by atoms with Gasteiger partial charge in [0.05, 0.1) is 0 Å². The van der Waals surface area contributed by atoms with Gasteiger partial charge in [-0.25, -0.2) is 0 Å². The van der Waals surface area contributed by atoms with E-state index in [-0.39, 0.29) is 0 Å². The average Bonchev–Trinajstić information content (AvgIpc) is 3.21. The van der Waals surface area contributed by atoms with Crippen LogP contribution in [0.1, 0.15) is 30.9 Å². The van der Waals surface area contributed by atoms with E-state index in [1.54, 1.807) is 6.07 Å². The van der Waals surface area contributed by atoms with Crippen LogP contribution in [0.2, 0.25) is 0 Å². The SMILES string of the molecule is Oc1cccc([C@@H](CC2CC2)N2CCNCC2)c1. The summed E-state index contributed by atoms with van der Waals surface area (Å²) in [4.78, 5) is 2.57. The Morgan fingerprint density at radius 2 is 2.06 bits per heavy atom. The highest BCUT2D eigenvalue weighted by Gasteiger charge is 2.30. The summed E-state index contributed by atoms with van der Waals surface area (Å²) in [5.41, 5.74) is 1.28. The molecule has 0 spiro atoms. The third kappa shape index (κ3) is 2.85. The van der Waals surface area contributed by atoms with Crippen molar-refractivity contribution in [2.75, 3.05) is 26.2 Å². The summed E-state index contributed by atoms with van der Waals surface area (Å²) in [5, 5.41) is 13.1. The molecule has 0 unspecified atom stereocenters. The standard InChI is InChI=1S/C15H22N2O/c18-14-3-1-2-13(11-14)15(10-12-4-5-12)17-8-6-16-7-9-17/h1-3,11-12,15-16,18H,4-10H2/t15-/m1/s1. The molecule has 3 heteroatoms. The number of piperazine rings is 1. The lowest BCUT2D eigenvalue weighted by molar-refractivity contribution is 0.160. The second-order valence-electron chi connectivity index (χ2n) is 5.58. The van der Waals surface area contributed by atoms with Gasteiger partial charge < -0.3 is 10.4 Å². The van der Waals surface area contributed by atoms with Crippen molar-refractivity contribution in [3.05, 3.63) is 29.8 Å². The van der Waals surface area contributed by atoms with Crippen LogP contribution < -0.4 is 5.32 Å². The number of phenolic OH excluding ortho intramolecular Hbond substituents is 1. The van der Waals surface area contributed by atoms with Gasteiger partial charge in [0.2, 0.25) is 0 Å². The topological polar surface area (TPSA) is 35.5 Å². The maximum absolute atomic E-state index is 9.68. The van der Waals surface area contributed by atoms with Crippen LogP contribution in [-0.4, -0.2) is 36.2 Å². The van der Waals surface area contributed by atoms with Crippen molar-refractivity contribution < 1.29 is 5.11 Å². The van der Waals surface area contributed by atoms with Gasteiger partial charge in [-0.1, -0.05) is 25.0 Å². The van der Waals surface area contributed by atoms with E-state index in [9.17, 15) is 5.11 Å². The minimum atomic E-state index is 0.392. The molecule has 0 bridgehead atoms. The van der Waals surface area contributed by atoms with Crippen molar-refractivity contribution >= 4 is 0 Å². The molecule has 1 saturated heterocycles. The predicted octanol–water partition coefficient (Wildman–Crippen LogP) is 2.14. The molecule has 1 aliphatic heterocycles. The second kappa shape index (κ2) is 5.29. The quantitative estimate of drug-likeness (QED) is 0.854. The Morgan fingerprint density at radius 3 is 2.72 bits per heavy atom. The fraction of sp³-hybridized carbons (Fsp3) is 0.600. The van der Waals surface area contributed by atoms with Crippen molar-refractivity contribution in [2.24, 2.45) is 5.92 Å². The first-order valence-electron chi connectivity index (χ1n) is 7.06. The summed E-state index contributed by atoms with van der Waals surface area (Å²) in [5.74, 6) is 1.30. The summed E-state index contributed by atoms with van der Waals surface area (Å²) in [6.45, 7) is 4.40. The highest BCUT2D eigenvalue weighted by atomic mass is 16.3. The zero-order valence-electron chi connectivity index (χ0n) is 10.8. The van der Waals surface area contributed by atoms with E-state index in [1.165, 1.54) is 24.8 Å². The highest BCUT2D eigenvalue weighted by Crippen LogP contribution is 2.40. The van der Waals surface area contributed by atoms with Crippen LogP contribution in [0.15, 0.2) is 24.3 Å². The van der Waals surface area contributed by atoms with Crippen LogP contribution in [0.25, 0.3) is 0 Å². The molecular weight excluding hydrogens is 224 g/mol. The molecule has 1 saturated carbocycles. The van der Waals surface area contributed by atoms with Gasteiger partial charge >= 0.3 is 0 Å². The Labute approximate surface area is 109 Å². The van der Waals surface area contributed by atoms with E-state index in [0.29, 0.717) is 11.8 Å². The van der Waals surface area contributed by atoms with Crippen LogP contribution in [0.3, 0.4) is 0 Å². The molecule has 98 valence electrons. The van der Waals surface area contributed by atoms with Gasteiger partial charge in [0.1, 0.15) is 5.75 Å². The number of aromatic hydroxyl groups is 1. The van der Waals surface area contributed by atoms with Crippen LogP contribution in [0.4, 0.5) is 0 Å². The van der Waals surface area contributed by atoms with Crippen LogP contribution >= 0.6 is 0 Å². The molecule has 1 aromatic rings. The van der Waals surface area contributed by atoms with Gasteiger partial charge in [-0.3, -0.25) is 4.90 Å². The molecule has 2 fully saturated rings. The number of hydrogen-bond donors (Lipinski definition) is 2. The third-order valence-electron chi connectivity index (χ3n) is 4.10. The summed E-state index contributed by atoms with van der Waals surface area (Å²) < 4.78 is 0. The normalized spacial score (nSPS) is 22.9. The van der Waals surface area contributed by atoms with Crippen molar-refractivity contribution in [2.45, 2.75) is 25.3 Å². The van der Waals surface area contributed by atoms with Crippen LogP contribution in [0, 0.1) is 5.92 Å². The molecule has 2 aliphatic rings. The van der Waals surface area contributed by atoms with Crippen molar-refractivity contribution in [3.8, 4) is 5.75 Å². The molecule has 0 amide bonds. The molecule has 3 nitrogen and oxygen atoms in total. The monoisotopic (exact) mass is 246 g/mol. The maximum atomic E-state index is 9.68. The zero-order chi connectivity index (χ0) is 12.4. The average molecular weight is 246 g/mol. The van der Waals surface area contributed by atoms with Crippen LogP contribution in [0.5, 0.6) is 5.75 Å². The van der Waals surface area contributed by atoms with Gasteiger partial charge in [0.15, 0.2) is 0 Å². The van der Waals surface area contributed by atoms with Gasteiger partial charge in [0.25, 0.3) is 0 Å². The van der Waals surface area contributed by atoms with Crippen molar-refractivity contribution in [3.63, 3.8) is 0 Å². The first-order valence-corrected chi connectivity index (χ1v) is 7.06. The van der Waals surface area contributed by atoms with Gasteiger partial charge in [-0.05, 0) is 30.0 Å². The molecule has 0 aromatic heterocycles. The fourth-order valence-electron chi connectivity index (χ4n) is 2.89. The molecular formula is C15H22N2O. The largest absolute Gasteiger partial charge is 0.508 e. The van der Waals surface area contributed by atoms with Crippen molar-refractivity contribution in [1.82, 2.24) is 10.2 Å². The molecule has 2 N–H and O–H groups in total. The van der Waals surface area contributed by atoms with Gasteiger partial charge in [-0.2, -0.15) is 0 Å². The third-order valence-corrected chi connectivity index (χ3v) is 4.10. The van der Waals surface area contributed by atoms with E-state index in [0.717, 1.165) is 32.1 Å². The Bertz CT molecular complexity index is 397. The van der Waals surface area contributed by atoms with E-state index in [4.69, 9.17) is 0 Å². The first-order chi connectivity index (χ1) is 8.83. The van der Waals surface area contributed by atoms with E-state index in [2.05, 4.69) is 16.3 Å². The summed E-state index contributed by atoms with van der Waals surface area (Å²) in [7, 11) is 0. The Kier molecular flexibility index (Phi) is 3.52.